The highest BCUT2D eigenvalue weighted by molar-refractivity contribution is 7.99. The Morgan fingerprint density at radius 3 is 2.43 bits per heavy atom. The molecule has 8 heteroatoms. The van der Waals surface area contributed by atoms with Crippen molar-refractivity contribution in [2.45, 2.75) is 19.0 Å². The van der Waals surface area contributed by atoms with Crippen molar-refractivity contribution in [2.24, 2.45) is 0 Å². The van der Waals surface area contributed by atoms with Crippen LogP contribution in [0.1, 0.15) is 12.5 Å². The second-order valence-electron chi connectivity index (χ2n) is 6.04. The molecule has 0 aliphatic rings. The molecular weight excluding hydrogens is 374 g/mol. The van der Waals surface area contributed by atoms with Crippen molar-refractivity contribution < 1.29 is 9.59 Å². The van der Waals surface area contributed by atoms with Gasteiger partial charge in [0.05, 0.1) is 5.75 Å². The number of aromatic nitrogens is 3. The Morgan fingerprint density at radius 1 is 1.04 bits per heavy atom. The highest BCUT2D eigenvalue weighted by atomic mass is 32.2. The molecule has 1 aromatic heterocycles. The van der Waals surface area contributed by atoms with Gasteiger partial charge in [0.15, 0.2) is 11.0 Å². The number of rotatable bonds is 6. The Bertz CT molecular complexity index is 954. The van der Waals surface area contributed by atoms with Crippen LogP contribution in [-0.4, -0.2) is 39.0 Å². The molecule has 0 unspecified atom stereocenters. The number of imide groups is 1. The molecule has 0 spiro atoms. The van der Waals surface area contributed by atoms with Gasteiger partial charge >= 0.3 is 6.03 Å². The third-order valence-corrected chi connectivity index (χ3v) is 4.81. The van der Waals surface area contributed by atoms with E-state index in [4.69, 9.17) is 0 Å². The van der Waals surface area contributed by atoms with Gasteiger partial charge in [-0.25, -0.2) is 4.79 Å². The van der Waals surface area contributed by atoms with Gasteiger partial charge in [0.25, 0.3) is 0 Å². The summed E-state index contributed by atoms with van der Waals surface area (Å²) in [4.78, 5) is 23.5. The SMILES string of the molecule is CCNC(=O)NC(=O)CSc1nnc(-c2ccccc2)n1-c1ccc(C)cc1. The Balaban J connectivity index is 1.87. The van der Waals surface area contributed by atoms with Gasteiger partial charge in [-0.05, 0) is 26.0 Å². The first-order valence-corrected chi connectivity index (χ1v) is 9.85. The molecule has 0 atom stereocenters. The highest BCUT2D eigenvalue weighted by Gasteiger charge is 2.17. The lowest BCUT2D eigenvalue weighted by molar-refractivity contribution is -0.117. The molecule has 3 aromatic rings. The van der Waals surface area contributed by atoms with Crippen LogP contribution in [0.5, 0.6) is 0 Å². The number of thioether (sulfide) groups is 1. The number of hydrogen-bond donors (Lipinski definition) is 2. The van der Waals surface area contributed by atoms with Crippen LogP contribution in [0.25, 0.3) is 17.1 Å². The van der Waals surface area contributed by atoms with Gasteiger partial charge in [0.2, 0.25) is 5.91 Å². The van der Waals surface area contributed by atoms with Crippen LogP contribution in [0.2, 0.25) is 0 Å². The molecule has 28 heavy (non-hydrogen) atoms. The molecule has 0 saturated carbocycles. The molecule has 144 valence electrons. The third-order valence-electron chi connectivity index (χ3n) is 3.88. The summed E-state index contributed by atoms with van der Waals surface area (Å²) < 4.78 is 1.92. The summed E-state index contributed by atoms with van der Waals surface area (Å²) in [6, 6.07) is 17.3. The van der Waals surface area contributed by atoms with Gasteiger partial charge in [-0.2, -0.15) is 0 Å². The Hall–Kier alpha value is -3.13. The van der Waals surface area contributed by atoms with Crippen molar-refractivity contribution in [3.8, 4) is 17.1 Å². The van der Waals surface area contributed by atoms with E-state index >= 15 is 0 Å². The first-order valence-electron chi connectivity index (χ1n) is 8.87. The van der Waals surface area contributed by atoms with E-state index in [0.29, 0.717) is 17.5 Å². The second kappa shape index (κ2) is 9.18. The molecule has 0 saturated heterocycles. The predicted octanol–water partition coefficient (Wildman–Crippen LogP) is 3.18. The average Bonchev–Trinajstić information content (AvgIpc) is 3.12. The minimum atomic E-state index is -0.502. The quantitative estimate of drug-likeness (QED) is 0.626. The number of urea groups is 1. The van der Waals surface area contributed by atoms with Crippen molar-refractivity contribution >= 4 is 23.7 Å². The first kappa shape index (κ1) is 19.6. The van der Waals surface area contributed by atoms with Crippen LogP contribution in [0.4, 0.5) is 4.79 Å². The van der Waals surface area contributed by atoms with Gasteiger partial charge in [-0.1, -0.05) is 59.8 Å². The van der Waals surface area contributed by atoms with E-state index in [1.54, 1.807) is 6.92 Å². The lowest BCUT2D eigenvalue weighted by Crippen LogP contribution is -2.40. The van der Waals surface area contributed by atoms with Crippen LogP contribution in [0.3, 0.4) is 0 Å². The van der Waals surface area contributed by atoms with Gasteiger partial charge in [0, 0.05) is 17.8 Å². The van der Waals surface area contributed by atoms with Crippen LogP contribution < -0.4 is 10.6 Å². The summed E-state index contributed by atoms with van der Waals surface area (Å²) in [7, 11) is 0. The van der Waals surface area contributed by atoms with E-state index in [9.17, 15) is 9.59 Å². The molecule has 0 aliphatic heterocycles. The van der Waals surface area contributed by atoms with Crippen molar-refractivity contribution in [2.75, 3.05) is 12.3 Å². The largest absolute Gasteiger partial charge is 0.338 e. The lowest BCUT2D eigenvalue weighted by Gasteiger charge is -2.11. The summed E-state index contributed by atoms with van der Waals surface area (Å²) in [5, 5.41) is 14.0. The van der Waals surface area contributed by atoms with E-state index < -0.39 is 11.9 Å². The zero-order chi connectivity index (χ0) is 19.9. The molecule has 0 fully saturated rings. The summed E-state index contributed by atoms with van der Waals surface area (Å²) in [5.74, 6) is 0.349. The third kappa shape index (κ3) is 4.77. The molecule has 2 N–H and O–H groups in total. The zero-order valence-electron chi connectivity index (χ0n) is 15.7. The topological polar surface area (TPSA) is 88.9 Å². The predicted molar refractivity (Wildman–Crippen MR) is 109 cm³/mol. The van der Waals surface area contributed by atoms with Gasteiger partial charge in [-0.15, -0.1) is 10.2 Å². The van der Waals surface area contributed by atoms with E-state index in [-0.39, 0.29) is 5.75 Å². The standard InChI is InChI=1S/C20H21N5O2S/c1-3-21-19(27)22-17(26)13-28-20-24-23-18(15-7-5-4-6-8-15)25(20)16-11-9-14(2)10-12-16/h4-12H,3,13H2,1-2H3,(H2,21,22,26,27). The molecule has 7 nitrogen and oxygen atoms in total. The lowest BCUT2D eigenvalue weighted by atomic mass is 10.2. The number of aryl methyl sites for hydroxylation is 1. The molecule has 0 aliphatic carbocycles. The van der Waals surface area contributed by atoms with Gasteiger partial charge < -0.3 is 5.32 Å². The first-order chi connectivity index (χ1) is 13.6. The minimum absolute atomic E-state index is 0.0515. The number of hydrogen-bond acceptors (Lipinski definition) is 5. The summed E-state index contributed by atoms with van der Waals surface area (Å²) in [6.45, 7) is 4.26. The Labute approximate surface area is 167 Å². The summed E-state index contributed by atoms with van der Waals surface area (Å²) >= 11 is 1.23. The molecule has 3 amide bonds. The monoisotopic (exact) mass is 395 g/mol. The molecular formula is C20H21N5O2S. The van der Waals surface area contributed by atoms with Crippen LogP contribution in [-0.2, 0) is 4.79 Å². The maximum absolute atomic E-state index is 12.0. The maximum Gasteiger partial charge on any atom is 0.321 e. The molecule has 0 radical (unpaired) electrons. The normalized spacial score (nSPS) is 10.5. The smallest absolute Gasteiger partial charge is 0.321 e. The van der Waals surface area contributed by atoms with Crippen LogP contribution >= 0.6 is 11.8 Å². The van der Waals surface area contributed by atoms with Crippen LogP contribution in [0, 0.1) is 6.92 Å². The number of carbonyl (C=O) groups is 2. The highest BCUT2D eigenvalue weighted by Crippen LogP contribution is 2.27. The number of carbonyl (C=O) groups excluding carboxylic acids is 2. The van der Waals surface area contributed by atoms with Gasteiger partial charge in [-0.3, -0.25) is 14.7 Å². The minimum Gasteiger partial charge on any atom is -0.338 e. The molecule has 3 rings (SSSR count). The molecule has 1 heterocycles. The maximum atomic E-state index is 12.0. The fourth-order valence-corrected chi connectivity index (χ4v) is 3.31. The number of nitrogens with zero attached hydrogens (tertiary/aromatic N) is 3. The fraction of sp³-hybridized carbons (Fsp3) is 0.200. The Morgan fingerprint density at radius 2 is 1.75 bits per heavy atom. The van der Waals surface area contributed by atoms with E-state index in [1.807, 2.05) is 66.1 Å². The fourth-order valence-electron chi connectivity index (χ4n) is 2.56. The van der Waals surface area contributed by atoms with Crippen molar-refractivity contribution in [1.82, 2.24) is 25.4 Å². The second-order valence-corrected chi connectivity index (χ2v) is 6.98. The molecule has 2 aromatic carbocycles. The van der Waals surface area contributed by atoms with E-state index in [0.717, 1.165) is 16.8 Å². The number of nitrogens with one attached hydrogen (secondary N) is 2. The molecule has 0 bridgehead atoms. The average molecular weight is 395 g/mol. The number of benzene rings is 2. The van der Waals surface area contributed by atoms with Crippen molar-refractivity contribution in [3.63, 3.8) is 0 Å². The Kier molecular flexibility index (Phi) is 6.44. The van der Waals surface area contributed by atoms with Crippen LogP contribution in [0.15, 0.2) is 59.8 Å². The van der Waals surface area contributed by atoms with Crippen molar-refractivity contribution in [3.05, 3.63) is 60.2 Å². The summed E-state index contributed by atoms with van der Waals surface area (Å²) in [6.07, 6.45) is 0. The summed E-state index contributed by atoms with van der Waals surface area (Å²) in [5.41, 5.74) is 2.98. The zero-order valence-corrected chi connectivity index (χ0v) is 16.5. The van der Waals surface area contributed by atoms with Crippen molar-refractivity contribution in [1.29, 1.82) is 0 Å². The van der Waals surface area contributed by atoms with E-state index in [1.165, 1.54) is 11.8 Å². The van der Waals surface area contributed by atoms with Gasteiger partial charge in [0.1, 0.15) is 0 Å². The number of amides is 3. The van der Waals surface area contributed by atoms with E-state index in [2.05, 4.69) is 20.8 Å².